The van der Waals surface area contributed by atoms with E-state index in [1.54, 1.807) is 12.1 Å². The second kappa shape index (κ2) is 17.2. The van der Waals surface area contributed by atoms with Gasteiger partial charge in [-0.2, -0.15) is 0 Å². The molecule has 2 heterocycles. The minimum Gasteiger partial charge on any atom is -0.463 e. The monoisotopic (exact) mass is 603 g/mol. The molecule has 4 rings (SSSR count). The van der Waals surface area contributed by atoms with Crippen LogP contribution in [0, 0.1) is 5.92 Å². The molecule has 4 atom stereocenters. The molecule has 2 amide bonds. The lowest BCUT2D eigenvalue weighted by Gasteiger charge is -2.33. The number of carbonyl (C=O) groups excluding carboxylic acids is 4. The van der Waals surface area contributed by atoms with Crippen LogP contribution in [0.25, 0.3) is 0 Å². The van der Waals surface area contributed by atoms with E-state index in [1.165, 1.54) is 0 Å². The highest BCUT2D eigenvalue weighted by Crippen LogP contribution is 2.28. The fourth-order valence-electron chi connectivity index (χ4n) is 5.80. The van der Waals surface area contributed by atoms with Gasteiger partial charge in [0, 0.05) is 26.1 Å². The van der Waals surface area contributed by atoms with Crippen molar-refractivity contribution in [1.82, 2.24) is 15.5 Å². The van der Waals surface area contributed by atoms with Crippen LogP contribution in [0.3, 0.4) is 0 Å². The van der Waals surface area contributed by atoms with Crippen LogP contribution in [0.15, 0.2) is 30.3 Å². The van der Waals surface area contributed by atoms with Crippen LogP contribution in [0.4, 0.5) is 4.79 Å². The van der Waals surface area contributed by atoms with Crippen molar-refractivity contribution in [3.63, 3.8) is 0 Å². The Hall–Kier alpha value is -3.22. The first-order valence-electron chi connectivity index (χ1n) is 15.5. The molecule has 1 aliphatic carbocycles. The minimum atomic E-state index is -1.60. The largest absolute Gasteiger partial charge is 0.463 e. The van der Waals surface area contributed by atoms with E-state index >= 15 is 0 Å². The van der Waals surface area contributed by atoms with E-state index in [9.17, 15) is 24.3 Å². The lowest BCUT2D eigenvalue weighted by Crippen LogP contribution is -2.56. The number of hydrogen-bond donors (Lipinski definition) is 3. The number of nitrogens with zero attached hydrogens (tertiary/aromatic N) is 1. The average molecular weight is 604 g/mol. The minimum absolute atomic E-state index is 0.0126. The number of aliphatic hydroxyl groups is 1. The zero-order chi connectivity index (χ0) is 30.4. The van der Waals surface area contributed by atoms with Gasteiger partial charge in [0.15, 0.2) is 6.10 Å². The molecule has 12 nitrogen and oxygen atoms in total. The van der Waals surface area contributed by atoms with Crippen LogP contribution < -0.4 is 10.6 Å². The van der Waals surface area contributed by atoms with Gasteiger partial charge in [0.05, 0.1) is 19.3 Å². The molecule has 238 valence electrons. The number of nitrogens with one attached hydrogen (secondary N) is 2. The second-order valence-electron chi connectivity index (χ2n) is 11.6. The molecule has 1 saturated carbocycles. The molecule has 1 aromatic carbocycles. The number of alkyl carbamates (subject to hydrolysis) is 1. The highest BCUT2D eigenvalue weighted by Gasteiger charge is 2.36. The molecule has 12 heteroatoms. The SMILES string of the molecule is O=C1CCC[C@H](CN2CCOCC2)OC(=O)[C@H](O)[C@H](CC2CCCCC2)NC(=O)[C@@H](NC(=O)OCc2ccccc2)CO1. The Kier molecular flexibility index (Phi) is 13.1. The third-order valence-electron chi connectivity index (χ3n) is 8.25. The predicted molar refractivity (Wildman–Crippen MR) is 155 cm³/mol. The molecule has 0 unspecified atom stereocenters. The smallest absolute Gasteiger partial charge is 0.408 e. The van der Waals surface area contributed by atoms with Gasteiger partial charge in [-0.25, -0.2) is 9.59 Å². The molecule has 2 aliphatic heterocycles. The maximum Gasteiger partial charge on any atom is 0.408 e. The fourth-order valence-corrected chi connectivity index (χ4v) is 5.80. The number of amides is 2. The molecule has 2 saturated heterocycles. The van der Waals surface area contributed by atoms with Crippen LogP contribution in [-0.4, -0.2) is 97.7 Å². The van der Waals surface area contributed by atoms with Crippen LogP contribution in [0.5, 0.6) is 0 Å². The summed E-state index contributed by atoms with van der Waals surface area (Å²) < 4.78 is 21.9. The van der Waals surface area contributed by atoms with Gasteiger partial charge >= 0.3 is 18.0 Å². The quantitative estimate of drug-likeness (QED) is 0.312. The lowest BCUT2D eigenvalue weighted by atomic mass is 9.83. The first kappa shape index (κ1) is 32.7. The van der Waals surface area contributed by atoms with Gasteiger partial charge in [0.25, 0.3) is 0 Å². The van der Waals surface area contributed by atoms with Crippen LogP contribution in [-0.2, 0) is 39.9 Å². The van der Waals surface area contributed by atoms with Crippen molar-refractivity contribution in [3.8, 4) is 0 Å². The fraction of sp³-hybridized carbons (Fsp3) is 0.677. The second-order valence-corrected chi connectivity index (χ2v) is 11.6. The van der Waals surface area contributed by atoms with Gasteiger partial charge in [-0.1, -0.05) is 62.4 Å². The number of carbonyl (C=O) groups is 4. The van der Waals surface area contributed by atoms with E-state index in [2.05, 4.69) is 15.5 Å². The summed E-state index contributed by atoms with van der Waals surface area (Å²) in [6, 6.07) is 6.83. The van der Waals surface area contributed by atoms with Gasteiger partial charge in [-0.3, -0.25) is 14.5 Å². The summed E-state index contributed by atoms with van der Waals surface area (Å²) in [7, 11) is 0. The Morgan fingerprint density at radius 3 is 2.51 bits per heavy atom. The van der Waals surface area contributed by atoms with Crippen molar-refractivity contribution in [1.29, 1.82) is 0 Å². The Morgan fingerprint density at radius 1 is 1.02 bits per heavy atom. The molecule has 1 aromatic rings. The number of esters is 2. The highest BCUT2D eigenvalue weighted by molar-refractivity contribution is 5.87. The van der Waals surface area contributed by atoms with Crippen molar-refractivity contribution in [3.05, 3.63) is 35.9 Å². The van der Waals surface area contributed by atoms with E-state index in [0.717, 1.165) is 37.7 Å². The van der Waals surface area contributed by atoms with Gasteiger partial charge in [0.1, 0.15) is 25.4 Å². The molecular formula is C31H45N3O9. The summed E-state index contributed by atoms with van der Waals surface area (Å²) in [5.74, 6) is -1.83. The third-order valence-corrected chi connectivity index (χ3v) is 8.25. The van der Waals surface area contributed by atoms with Crippen molar-refractivity contribution in [2.75, 3.05) is 39.5 Å². The van der Waals surface area contributed by atoms with E-state index in [4.69, 9.17) is 18.9 Å². The number of rotatable bonds is 7. The first-order valence-corrected chi connectivity index (χ1v) is 15.5. The Balaban J connectivity index is 1.46. The molecule has 3 fully saturated rings. The molecule has 0 spiro atoms. The van der Waals surface area contributed by atoms with E-state index in [0.29, 0.717) is 52.1 Å². The van der Waals surface area contributed by atoms with Crippen molar-refractivity contribution in [2.45, 2.75) is 88.7 Å². The maximum absolute atomic E-state index is 13.5. The third kappa shape index (κ3) is 11.1. The molecule has 3 N–H and O–H groups in total. The average Bonchev–Trinajstić information content (AvgIpc) is 3.02. The standard InChI is InChI=1S/C31H45N3O9/c35-27-13-7-12-24(19-34-14-16-40-17-15-34)43-30(38)28(36)25(18-22-8-3-1-4-9-22)32-29(37)26(21-41-27)33-31(39)42-20-23-10-5-2-6-11-23/h2,5-6,10-11,22,24-26,28,36H,1,3-4,7-9,12-21H2,(H,32,37)(H,33,39)/t24-,25+,26+,28-/m1/s1. The van der Waals surface area contributed by atoms with Gasteiger partial charge < -0.3 is 34.7 Å². The number of benzene rings is 1. The molecule has 0 bridgehead atoms. The summed E-state index contributed by atoms with van der Waals surface area (Å²) in [5.41, 5.74) is 0.764. The van der Waals surface area contributed by atoms with Crippen molar-refractivity contribution in [2.24, 2.45) is 5.92 Å². The number of aliphatic hydroxyl groups excluding tert-OH is 1. The van der Waals surface area contributed by atoms with Crippen molar-refractivity contribution < 1.29 is 43.2 Å². The number of hydrogen-bond acceptors (Lipinski definition) is 10. The number of cyclic esters (lactones) is 2. The van der Waals surface area contributed by atoms with Crippen molar-refractivity contribution >= 4 is 23.9 Å². The van der Waals surface area contributed by atoms with Crippen LogP contribution in [0.1, 0.15) is 63.4 Å². The summed E-state index contributed by atoms with van der Waals surface area (Å²) >= 11 is 0. The van der Waals surface area contributed by atoms with Crippen LogP contribution in [0.2, 0.25) is 0 Å². The summed E-state index contributed by atoms with van der Waals surface area (Å²) in [5, 5.41) is 16.5. The molecule has 3 aliphatic rings. The van der Waals surface area contributed by atoms with E-state index in [-0.39, 0.29) is 18.9 Å². The molecular weight excluding hydrogens is 558 g/mol. The van der Waals surface area contributed by atoms with E-state index < -0.39 is 54.8 Å². The Bertz CT molecular complexity index is 1040. The number of morpholine rings is 1. The van der Waals surface area contributed by atoms with Gasteiger partial charge in [-0.15, -0.1) is 0 Å². The normalized spacial score (nSPS) is 27.2. The summed E-state index contributed by atoms with van der Waals surface area (Å²) in [4.78, 5) is 54.1. The summed E-state index contributed by atoms with van der Waals surface area (Å²) in [6.45, 7) is 2.58. The van der Waals surface area contributed by atoms with E-state index in [1.807, 2.05) is 18.2 Å². The predicted octanol–water partition coefficient (Wildman–Crippen LogP) is 2.07. The van der Waals surface area contributed by atoms with Crippen LogP contribution >= 0.6 is 0 Å². The zero-order valence-electron chi connectivity index (χ0n) is 24.7. The van der Waals surface area contributed by atoms with Gasteiger partial charge in [0.2, 0.25) is 5.91 Å². The lowest BCUT2D eigenvalue weighted by molar-refractivity contribution is -0.163. The first-order chi connectivity index (χ1) is 20.9. The number of ether oxygens (including phenoxy) is 4. The topological polar surface area (TPSA) is 153 Å². The molecule has 0 radical (unpaired) electrons. The highest BCUT2D eigenvalue weighted by atomic mass is 16.6. The molecule has 43 heavy (non-hydrogen) atoms. The summed E-state index contributed by atoms with van der Waals surface area (Å²) in [6.07, 6.45) is 3.26. The maximum atomic E-state index is 13.5. The Morgan fingerprint density at radius 2 is 1.77 bits per heavy atom. The zero-order valence-corrected chi connectivity index (χ0v) is 24.7. The molecule has 0 aromatic heterocycles. The van der Waals surface area contributed by atoms with Gasteiger partial charge in [-0.05, 0) is 30.7 Å². The Labute approximate surface area is 252 Å².